The minimum absolute atomic E-state index is 0.119. The predicted molar refractivity (Wildman–Crippen MR) is 111 cm³/mol. The second-order valence-electron chi connectivity index (χ2n) is 7.52. The van der Waals surface area contributed by atoms with Crippen molar-refractivity contribution in [3.05, 3.63) is 65.5 Å². The number of fused-ring (bicyclic) bond motifs is 1. The maximum absolute atomic E-state index is 5.95. The van der Waals surface area contributed by atoms with Crippen molar-refractivity contribution in [3.8, 4) is 22.9 Å². The van der Waals surface area contributed by atoms with Crippen molar-refractivity contribution in [1.82, 2.24) is 14.9 Å². The van der Waals surface area contributed by atoms with E-state index < -0.39 is 0 Å². The minimum atomic E-state index is 0.119. The largest absolute Gasteiger partial charge is 0.493 e. The molecule has 2 aromatic carbocycles. The maximum Gasteiger partial charge on any atom is 0.161 e. The molecule has 0 radical (unpaired) electrons. The van der Waals surface area contributed by atoms with Gasteiger partial charge >= 0.3 is 0 Å². The molecule has 1 aliphatic rings. The summed E-state index contributed by atoms with van der Waals surface area (Å²) in [7, 11) is 1.70. The Morgan fingerprint density at radius 1 is 1.11 bits per heavy atom. The van der Waals surface area contributed by atoms with Crippen molar-refractivity contribution in [3.63, 3.8) is 0 Å². The molecule has 4 rings (SSSR count). The first-order valence-corrected chi connectivity index (χ1v) is 9.80. The van der Waals surface area contributed by atoms with Crippen LogP contribution in [0.15, 0.2) is 48.7 Å². The molecule has 0 spiro atoms. The SMILES string of the molecule is COc1cc2c(cc1OC(C)C)CN(Cc1cnc(-c3ccccc3)[nH]1)CC2. The van der Waals surface area contributed by atoms with E-state index in [0.29, 0.717) is 0 Å². The van der Waals surface area contributed by atoms with Gasteiger partial charge in [0.05, 0.1) is 13.2 Å². The van der Waals surface area contributed by atoms with Crippen molar-refractivity contribution in [1.29, 1.82) is 0 Å². The molecule has 5 nitrogen and oxygen atoms in total. The van der Waals surface area contributed by atoms with Crippen molar-refractivity contribution >= 4 is 0 Å². The van der Waals surface area contributed by atoms with Crippen LogP contribution in [0, 0.1) is 0 Å². The monoisotopic (exact) mass is 377 g/mol. The fourth-order valence-corrected chi connectivity index (χ4v) is 3.69. The van der Waals surface area contributed by atoms with Gasteiger partial charge in [-0.25, -0.2) is 4.98 Å². The first-order valence-electron chi connectivity index (χ1n) is 9.80. The number of hydrogen-bond acceptors (Lipinski definition) is 4. The highest BCUT2D eigenvalue weighted by Crippen LogP contribution is 2.34. The second kappa shape index (κ2) is 8.07. The molecule has 0 saturated carbocycles. The molecule has 3 aromatic rings. The number of aromatic amines is 1. The Morgan fingerprint density at radius 3 is 2.64 bits per heavy atom. The predicted octanol–water partition coefficient (Wildman–Crippen LogP) is 4.43. The normalized spacial score (nSPS) is 14.1. The van der Waals surface area contributed by atoms with Crippen LogP contribution in [0.3, 0.4) is 0 Å². The van der Waals surface area contributed by atoms with Gasteiger partial charge in [-0.05, 0) is 43.5 Å². The summed E-state index contributed by atoms with van der Waals surface area (Å²) >= 11 is 0. The van der Waals surface area contributed by atoms with Gasteiger partial charge in [-0.1, -0.05) is 30.3 Å². The van der Waals surface area contributed by atoms with Crippen molar-refractivity contribution in [2.75, 3.05) is 13.7 Å². The average molecular weight is 377 g/mol. The van der Waals surface area contributed by atoms with Crippen molar-refractivity contribution in [2.45, 2.75) is 39.5 Å². The van der Waals surface area contributed by atoms with Crippen LogP contribution in [-0.2, 0) is 19.5 Å². The van der Waals surface area contributed by atoms with Gasteiger partial charge in [-0.15, -0.1) is 0 Å². The van der Waals surface area contributed by atoms with Gasteiger partial charge in [0.2, 0.25) is 0 Å². The number of nitrogens with one attached hydrogen (secondary N) is 1. The van der Waals surface area contributed by atoms with Gasteiger partial charge in [0.25, 0.3) is 0 Å². The lowest BCUT2D eigenvalue weighted by Crippen LogP contribution is -2.30. The molecule has 1 aromatic heterocycles. The Balaban J connectivity index is 1.49. The summed E-state index contributed by atoms with van der Waals surface area (Å²) in [4.78, 5) is 10.4. The van der Waals surface area contributed by atoms with Gasteiger partial charge in [0.1, 0.15) is 5.82 Å². The summed E-state index contributed by atoms with van der Waals surface area (Å²) < 4.78 is 11.5. The lowest BCUT2D eigenvalue weighted by molar-refractivity contribution is 0.224. The zero-order chi connectivity index (χ0) is 19.5. The van der Waals surface area contributed by atoms with Crippen LogP contribution < -0.4 is 9.47 Å². The Bertz CT molecular complexity index is 934. The topological polar surface area (TPSA) is 50.4 Å². The van der Waals surface area contributed by atoms with Crippen LogP contribution in [-0.4, -0.2) is 34.6 Å². The number of aromatic nitrogens is 2. The molecule has 0 unspecified atom stereocenters. The van der Waals surface area contributed by atoms with E-state index in [1.54, 1.807) is 7.11 Å². The summed E-state index contributed by atoms with van der Waals surface area (Å²) in [6, 6.07) is 14.5. The number of H-pyrrole nitrogens is 1. The quantitative estimate of drug-likeness (QED) is 0.690. The van der Waals surface area contributed by atoms with E-state index in [-0.39, 0.29) is 6.10 Å². The fraction of sp³-hybridized carbons (Fsp3) is 0.348. The van der Waals surface area contributed by atoms with Gasteiger partial charge in [0.15, 0.2) is 11.5 Å². The zero-order valence-electron chi connectivity index (χ0n) is 16.7. The number of benzene rings is 2. The number of rotatable bonds is 6. The van der Waals surface area contributed by atoms with Gasteiger partial charge in [-0.3, -0.25) is 4.90 Å². The molecular weight excluding hydrogens is 350 g/mol. The highest BCUT2D eigenvalue weighted by atomic mass is 16.5. The summed E-state index contributed by atoms with van der Waals surface area (Å²) in [6.45, 7) is 6.83. The molecule has 0 atom stereocenters. The van der Waals surface area contributed by atoms with Crippen LogP contribution in [0.4, 0.5) is 0 Å². The third kappa shape index (κ3) is 4.04. The van der Waals surface area contributed by atoms with Crippen LogP contribution in [0.1, 0.15) is 30.7 Å². The summed E-state index contributed by atoms with van der Waals surface area (Å²) in [5, 5.41) is 0. The van der Waals surface area contributed by atoms with Crippen LogP contribution in [0.2, 0.25) is 0 Å². The zero-order valence-corrected chi connectivity index (χ0v) is 16.7. The van der Waals surface area contributed by atoms with E-state index in [2.05, 4.69) is 39.1 Å². The third-order valence-corrected chi connectivity index (χ3v) is 5.01. The average Bonchev–Trinajstić information content (AvgIpc) is 3.16. The molecular formula is C23H27N3O2. The Morgan fingerprint density at radius 2 is 1.89 bits per heavy atom. The molecule has 5 heteroatoms. The minimum Gasteiger partial charge on any atom is -0.493 e. The molecule has 146 valence electrons. The Kier molecular flexibility index (Phi) is 5.35. The molecule has 0 saturated heterocycles. The second-order valence-corrected chi connectivity index (χ2v) is 7.52. The number of nitrogens with zero attached hydrogens (tertiary/aromatic N) is 2. The van der Waals surface area contributed by atoms with Crippen molar-refractivity contribution < 1.29 is 9.47 Å². The van der Waals surface area contributed by atoms with Gasteiger partial charge < -0.3 is 14.5 Å². The summed E-state index contributed by atoms with van der Waals surface area (Å²) in [5.74, 6) is 2.57. The highest BCUT2D eigenvalue weighted by molar-refractivity contribution is 5.54. The van der Waals surface area contributed by atoms with E-state index in [1.165, 1.54) is 11.1 Å². The van der Waals surface area contributed by atoms with Gasteiger partial charge in [-0.2, -0.15) is 0 Å². The first-order chi connectivity index (χ1) is 13.6. The lowest BCUT2D eigenvalue weighted by Gasteiger charge is -2.29. The number of ether oxygens (including phenoxy) is 2. The van der Waals surface area contributed by atoms with Crippen LogP contribution in [0.5, 0.6) is 11.5 Å². The van der Waals surface area contributed by atoms with E-state index in [4.69, 9.17) is 9.47 Å². The van der Waals surface area contributed by atoms with E-state index in [1.807, 2.05) is 38.2 Å². The molecule has 0 fully saturated rings. The highest BCUT2D eigenvalue weighted by Gasteiger charge is 2.20. The smallest absolute Gasteiger partial charge is 0.161 e. The summed E-state index contributed by atoms with van der Waals surface area (Å²) in [6.07, 6.45) is 3.07. The van der Waals surface area contributed by atoms with E-state index in [9.17, 15) is 0 Å². The molecule has 1 aliphatic heterocycles. The first kappa shape index (κ1) is 18.6. The van der Waals surface area contributed by atoms with Crippen LogP contribution in [0.25, 0.3) is 11.4 Å². The Labute approximate surface area is 166 Å². The van der Waals surface area contributed by atoms with E-state index >= 15 is 0 Å². The number of hydrogen-bond donors (Lipinski definition) is 1. The van der Waals surface area contributed by atoms with Gasteiger partial charge in [0, 0.05) is 37.1 Å². The molecule has 0 amide bonds. The maximum atomic E-state index is 5.95. The number of methoxy groups -OCH3 is 1. The molecule has 1 N–H and O–H groups in total. The molecule has 0 aliphatic carbocycles. The number of imidazole rings is 1. The Hall–Kier alpha value is -2.79. The van der Waals surface area contributed by atoms with Crippen LogP contribution >= 0.6 is 0 Å². The summed E-state index contributed by atoms with van der Waals surface area (Å²) in [5.41, 5.74) is 4.90. The molecule has 2 heterocycles. The molecule has 28 heavy (non-hydrogen) atoms. The lowest BCUT2D eigenvalue weighted by atomic mass is 9.98. The van der Waals surface area contributed by atoms with E-state index in [0.717, 1.165) is 54.6 Å². The standard InChI is InChI=1S/C23H27N3O2/c1-16(2)28-22-12-19-14-26(10-9-18(19)11-21(22)27-3)15-20-13-24-23(25-20)17-7-5-4-6-8-17/h4-8,11-13,16H,9-10,14-15H2,1-3H3,(H,24,25). The third-order valence-electron chi connectivity index (χ3n) is 5.01. The van der Waals surface area contributed by atoms with Crippen molar-refractivity contribution in [2.24, 2.45) is 0 Å². The fourth-order valence-electron chi connectivity index (χ4n) is 3.69. The molecule has 0 bridgehead atoms.